The van der Waals surface area contributed by atoms with Gasteiger partial charge in [-0.2, -0.15) is 0 Å². The molecule has 1 aromatic rings. The van der Waals surface area contributed by atoms with Gasteiger partial charge in [0.1, 0.15) is 0 Å². The molecule has 0 radical (unpaired) electrons. The number of benzene rings is 1. The lowest BCUT2D eigenvalue weighted by molar-refractivity contribution is 0.243. The molecule has 0 amide bonds. The van der Waals surface area contributed by atoms with Crippen LogP contribution >= 0.6 is 11.8 Å². The van der Waals surface area contributed by atoms with E-state index in [1.165, 1.54) is 4.90 Å². The van der Waals surface area contributed by atoms with E-state index in [0.717, 1.165) is 0 Å². The second-order valence-corrected chi connectivity index (χ2v) is 12.1. The number of rotatable bonds is 5. The quantitative estimate of drug-likeness (QED) is 0.508. The molecule has 0 aliphatic heterocycles. The molecule has 1 aromatic carbocycles. The van der Waals surface area contributed by atoms with Gasteiger partial charge in [0.2, 0.25) is 0 Å². The largest absolute Gasteiger partial charge is 0.411 e. The van der Waals surface area contributed by atoms with E-state index in [4.69, 9.17) is 4.43 Å². The Kier molecular flexibility index (Phi) is 5.90. The fourth-order valence-corrected chi connectivity index (χ4v) is 3.54. The Balaban J connectivity index is 2.50. The van der Waals surface area contributed by atoms with Crippen molar-refractivity contribution in [1.29, 1.82) is 0 Å². The zero-order chi connectivity index (χ0) is 14.5. The van der Waals surface area contributed by atoms with Crippen LogP contribution in [0.2, 0.25) is 18.1 Å². The van der Waals surface area contributed by atoms with Gasteiger partial charge in [0, 0.05) is 4.90 Å². The third-order valence-electron chi connectivity index (χ3n) is 3.58. The zero-order valence-electron chi connectivity index (χ0n) is 12.9. The predicted molar refractivity (Wildman–Crippen MR) is 89.2 cm³/mol. The maximum absolute atomic E-state index is 6.28. The van der Waals surface area contributed by atoms with Gasteiger partial charge in [0.25, 0.3) is 0 Å². The molecule has 0 fully saturated rings. The highest BCUT2D eigenvalue weighted by molar-refractivity contribution is 8.02. The van der Waals surface area contributed by atoms with Crippen LogP contribution in [0.5, 0.6) is 0 Å². The minimum Gasteiger partial charge on any atom is -0.411 e. The average Bonchev–Trinajstić information content (AvgIpc) is 2.28. The van der Waals surface area contributed by atoms with Crippen molar-refractivity contribution in [2.24, 2.45) is 0 Å². The van der Waals surface area contributed by atoms with Crippen LogP contribution in [-0.2, 0) is 4.43 Å². The monoisotopic (exact) mass is 294 g/mol. The molecule has 0 spiro atoms. The lowest BCUT2D eigenvalue weighted by Crippen LogP contribution is -2.42. The molecule has 1 nitrogen and oxygen atoms in total. The normalized spacial score (nSPS) is 14.8. The van der Waals surface area contributed by atoms with Gasteiger partial charge in [-0.05, 0) is 42.6 Å². The molecule has 0 aromatic heterocycles. The van der Waals surface area contributed by atoms with Crippen LogP contribution in [0, 0.1) is 0 Å². The van der Waals surface area contributed by atoms with Crippen molar-refractivity contribution in [3.05, 3.63) is 41.8 Å². The third-order valence-corrected chi connectivity index (χ3v) is 8.99. The Bertz CT molecular complexity index is 407. The van der Waals surface area contributed by atoms with Crippen molar-refractivity contribution in [1.82, 2.24) is 0 Å². The minimum absolute atomic E-state index is 0.178. The lowest BCUT2D eigenvalue weighted by atomic mass is 10.2. The summed E-state index contributed by atoms with van der Waals surface area (Å²) in [6.45, 7) is 13.5. The maximum Gasteiger partial charge on any atom is 0.192 e. The molecule has 0 aliphatic rings. The number of hydrogen-bond donors (Lipinski definition) is 0. The predicted octanol–water partition coefficient (Wildman–Crippen LogP) is 5.70. The lowest BCUT2D eigenvalue weighted by Gasteiger charge is -2.37. The second kappa shape index (κ2) is 6.78. The first-order valence-corrected chi connectivity index (χ1v) is 10.6. The van der Waals surface area contributed by atoms with Gasteiger partial charge < -0.3 is 4.43 Å². The van der Waals surface area contributed by atoms with E-state index < -0.39 is 8.32 Å². The van der Waals surface area contributed by atoms with E-state index in [2.05, 4.69) is 76.5 Å². The van der Waals surface area contributed by atoms with Gasteiger partial charge in [-0.3, -0.25) is 0 Å². The summed E-state index contributed by atoms with van der Waals surface area (Å²) in [4.78, 5) is 1.26. The van der Waals surface area contributed by atoms with Crippen LogP contribution in [-0.4, -0.2) is 14.4 Å². The summed E-state index contributed by atoms with van der Waals surface area (Å²) in [7, 11) is -1.66. The fourth-order valence-electron chi connectivity index (χ4n) is 1.41. The van der Waals surface area contributed by atoms with Crippen LogP contribution in [0.4, 0.5) is 0 Å². The van der Waals surface area contributed by atoms with Gasteiger partial charge in [-0.25, -0.2) is 0 Å². The first-order valence-electron chi connectivity index (χ1n) is 6.78. The SMILES string of the molecule is C[C@H](C=CSc1ccccc1)O[Si](C)(C)C(C)(C)C. The van der Waals surface area contributed by atoms with Crippen LogP contribution in [0.1, 0.15) is 27.7 Å². The molecule has 0 aliphatic carbocycles. The zero-order valence-corrected chi connectivity index (χ0v) is 14.8. The molecule has 0 saturated carbocycles. The average molecular weight is 295 g/mol. The molecule has 0 unspecified atom stereocenters. The highest BCUT2D eigenvalue weighted by atomic mass is 32.2. The van der Waals surface area contributed by atoms with Crippen LogP contribution in [0.25, 0.3) is 0 Å². The molecular formula is C16H26OSSi. The van der Waals surface area contributed by atoms with Gasteiger partial charge in [-0.15, -0.1) is 0 Å². The van der Waals surface area contributed by atoms with Gasteiger partial charge >= 0.3 is 0 Å². The Morgan fingerprint density at radius 1 is 1.16 bits per heavy atom. The molecular weight excluding hydrogens is 268 g/mol. The standard InChI is InChI=1S/C16H26OSSi/c1-14(17-19(5,6)16(2,3)4)12-13-18-15-10-8-7-9-11-15/h7-14H,1-6H3/t14-/m1/s1. The van der Waals surface area contributed by atoms with Crippen molar-refractivity contribution in [3.63, 3.8) is 0 Å². The first kappa shape index (κ1) is 16.5. The first-order chi connectivity index (χ1) is 8.72. The molecule has 0 saturated heterocycles. The molecule has 19 heavy (non-hydrogen) atoms. The van der Waals surface area contributed by atoms with Crippen molar-refractivity contribution in [3.8, 4) is 0 Å². The summed E-state index contributed by atoms with van der Waals surface area (Å²) in [6.07, 6.45) is 2.33. The van der Waals surface area contributed by atoms with Crippen molar-refractivity contribution in [2.75, 3.05) is 0 Å². The molecule has 1 atom stereocenters. The van der Waals surface area contributed by atoms with Crippen LogP contribution in [0.3, 0.4) is 0 Å². The fraction of sp³-hybridized carbons (Fsp3) is 0.500. The smallest absolute Gasteiger partial charge is 0.192 e. The molecule has 0 bridgehead atoms. The second-order valence-electron chi connectivity index (χ2n) is 6.34. The van der Waals surface area contributed by atoms with Crippen molar-refractivity contribution >= 4 is 20.1 Å². The van der Waals surface area contributed by atoms with E-state index >= 15 is 0 Å². The summed E-state index contributed by atoms with van der Waals surface area (Å²) >= 11 is 1.74. The Morgan fingerprint density at radius 2 is 1.74 bits per heavy atom. The Hall–Kier alpha value is -0.513. The third kappa shape index (κ3) is 5.55. The van der Waals surface area contributed by atoms with Gasteiger partial charge in [0.15, 0.2) is 8.32 Å². The molecule has 0 heterocycles. The summed E-state index contributed by atoms with van der Waals surface area (Å²) in [6, 6.07) is 10.4. The van der Waals surface area contributed by atoms with E-state index in [1.807, 2.05) is 6.07 Å². The van der Waals surface area contributed by atoms with Crippen molar-refractivity contribution < 1.29 is 4.43 Å². The highest BCUT2D eigenvalue weighted by Gasteiger charge is 2.37. The number of hydrogen-bond acceptors (Lipinski definition) is 2. The molecule has 0 N–H and O–H groups in total. The molecule has 3 heteroatoms. The summed E-state index contributed by atoms with van der Waals surface area (Å²) in [5, 5.41) is 2.40. The van der Waals surface area contributed by atoms with E-state index in [0.29, 0.717) is 0 Å². The van der Waals surface area contributed by atoms with E-state index in [9.17, 15) is 0 Å². The van der Waals surface area contributed by atoms with E-state index in [-0.39, 0.29) is 11.1 Å². The van der Waals surface area contributed by atoms with Gasteiger partial charge in [-0.1, -0.05) is 56.8 Å². The molecule has 1 rings (SSSR count). The van der Waals surface area contributed by atoms with E-state index in [1.54, 1.807) is 11.8 Å². The van der Waals surface area contributed by atoms with Crippen LogP contribution < -0.4 is 0 Å². The topological polar surface area (TPSA) is 9.23 Å². The minimum atomic E-state index is -1.66. The van der Waals surface area contributed by atoms with Crippen LogP contribution in [0.15, 0.2) is 46.7 Å². The summed E-state index contributed by atoms with van der Waals surface area (Å²) < 4.78 is 6.28. The Morgan fingerprint density at radius 3 is 2.26 bits per heavy atom. The Labute approximate surface area is 123 Å². The summed E-state index contributed by atoms with van der Waals surface area (Å²) in [5.74, 6) is 0. The van der Waals surface area contributed by atoms with Gasteiger partial charge in [0.05, 0.1) is 6.10 Å². The highest BCUT2D eigenvalue weighted by Crippen LogP contribution is 2.37. The molecule has 106 valence electrons. The number of thioether (sulfide) groups is 1. The maximum atomic E-state index is 6.28. The van der Waals surface area contributed by atoms with Crippen molar-refractivity contribution in [2.45, 2.75) is 56.8 Å². The summed E-state index contributed by atoms with van der Waals surface area (Å²) in [5.41, 5.74) is 0.